The summed E-state index contributed by atoms with van der Waals surface area (Å²) in [5, 5.41) is 7.99. The van der Waals surface area contributed by atoms with E-state index in [2.05, 4.69) is 23.6 Å². The molecule has 0 bridgehead atoms. The van der Waals surface area contributed by atoms with Crippen LogP contribution in [0.3, 0.4) is 0 Å². The van der Waals surface area contributed by atoms with Crippen molar-refractivity contribution in [3.8, 4) is 0 Å². The van der Waals surface area contributed by atoms with Crippen molar-refractivity contribution < 1.29 is 0 Å². The monoisotopic (exact) mass is 275 g/mol. The maximum Gasteiger partial charge on any atom is 0.287 e. The summed E-state index contributed by atoms with van der Waals surface area (Å²) in [6, 6.07) is 0. The quantitative estimate of drug-likeness (QED) is 0.866. The molecule has 0 aliphatic rings. The molecule has 0 amide bonds. The number of anilines is 1. The van der Waals surface area contributed by atoms with E-state index in [1.165, 1.54) is 4.68 Å². The third-order valence-electron chi connectivity index (χ3n) is 2.55. The van der Waals surface area contributed by atoms with E-state index in [0.717, 1.165) is 13.0 Å². The number of rotatable bonds is 6. The van der Waals surface area contributed by atoms with Crippen molar-refractivity contribution in [1.82, 2.24) is 9.78 Å². The lowest BCUT2D eigenvalue weighted by atomic mass is 10.3. The Morgan fingerprint density at radius 2 is 2.35 bits per heavy atom. The Hall–Kier alpha value is -0.680. The number of aromatic nitrogens is 2. The maximum absolute atomic E-state index is 11.7. The highest BCUT2D eigenvalue weighted by Crippen LogP contribution is 2.16. The Balaban J connectivity index is 2.67. The number of nitrogens with zero attached hydrogens (tertiary/aromatic N) is 2. The molecule has 0 aliphatic heterocycles. The van der Waals surface area contributed by atoms with Gasteiger partial charge in [-0.05, 0) is 19.6 Å². The minimum atomic E-state index is -0.239. The molecule has 6 heteroatoms. The average Bonchev–Trinajstić information content (AvgIpc) is 2.34. The summed E-state index contributed by atoms with van der Waals surface area (Å²) >= 11 is 7.80. The van der Waals surface area contributed by atoms with Gasteiger partial charge in [0.1, 0.15) is 5.02 Å². The molecule has 0 fully saturated rings. The number of thioether (sulfide) groups is 1. The highest BCUT2D eigenvalue weighted by Gasteiger charge is 2.08. The largest absolute Gasteiger partial charge is 0.382 e. The van der Waals surface area contributed by atoms with E-state index >= 15 is 0 Å². The molecule has 1 aromatic heterocycles. The molecule has 1 rings (SSSR count). The summed E-state index contributed by atoms with van der Waals surface area (Å²) in [6.45, 7) is 5.35. The first kappa shape index (κ1) is 14.4. The number of nitrogens with one attached hydrogen (secondary N) is 1. The summed E-state index contributed by atoms with van der Waals surface area (Å²) in [4.78, 5) is 11.7. The SMILES string of the molecule is CCn1ncc(NCCC(C)SC)c(Cl)c1=O. The fraction of sp³-hybridized carbons (Fsp3) is 0.636. The van der Waals surface area contributed by atoms with Crippen molar-refractivity contribution in [3.05, 3.63) is 21.6 Å². The van der Waals surface area contributed by atoms with Crippen LogP contribution in [0.15, 0.2) is 11.0 Å². The van der Waals surface area contributed by atoms with E-state index in [9.17, 15) is 4.79 Å². The summed E-state index contributed by atoms with van der Waals surface area (Å²) in [5.41, 5.74) is 0.381. The lowest BCUT2D eigenvalue weighted by molar-refractivity contribution is 0.616. The predicted molar refractivity (Wildman–Crippen MR) is 75.3 cm³/mol. The van der Waals surface area contributed by atoms with Crippen LogP contribution < -0.4 is 10.9 Å². The van der Waals surface area contributed by atoms with E-state index in [1.807, 2.05) is 18.7 Å². The molecule has 0 radical (unpaired) electrons. The Bertz CT molecular complexity index is 422. The van der Waals surface area contributed by atoms with Crippen LogP contribution in [0.5, 0.6) is 0 Å². The van der Waals surface area contributed by atoms with Crippen molar-refractivity contribution >= 4 is 29.1 Å². The molecule has 1 N–H and O–H groups in total. The molecule has 96 valence electrons. The lowest BCUT2D eigenvalue weighted by Gasteiger charge is -2.11. The zero-order valence-electron chi connectivity index (χ0n) is 10.4. The minimum absolute atomic E-state index is 0.221. The van der Waals surface area contributed by atoms with E-state index < -0.39 is 0 Å². The van der Waals surface area contributed by atoms with Crippen LogP contribution in [0.25, 0.3) is 0 Å². The Kier molecular flexibility index (Phi) is 5.85. The smallest absolute Gasteiger partial charge is 0.287 e. The van der Waals surface area contributed by atoms with Gasteiger partial charge in [-0.25, -0.2) is 4.68 Å². The average molecular weight is 276 g/mol. The van der Waals surface area contributed by atoms with Crippen molar-refractivity contribution in [1.29, 1.82) is 0 Å². The molecule has 4 nitrogen and oxygen atoms in total. The van der Waals surface area contributed by atoms with Crippen LogP contribution in [0.2, 0.25) is 5.02 Å². The summed E-state index contributed by atoms with van der Waals surface area (Å²) in [5.74, 6) is 0. The van der Waals surface area contributed by atoms with E-state index in [-0.39, 0.29) is 10.6 Å². The third kappa shape index (κ3) is 3.92. The van der Waals surface area contributed by atoms with Gasteiger partial charge >= 0.3 is 0 Å². The van der Waals surface area contributed by atoms with Crippen LogP contribution in [0.4, 0.5) is 5.69 Å². The molecule has 1 unspecified atom stereocenters. The first-order valence-electron chi connectivity index (χ1n) is 5.62. The molecule has 17 heavy (non-hydrogen) atoms. The number of aryl methyl sites for hydroxylation is 1. The maximum atomic E-state index is 11.7. The molecule has 0 aromatic carbocycles. The van der Waals surface area contributed by atoms with Gasteiger partial charge in [0.15, 0.2) is 0 Å². The molecule has 0 aliphatic carbocycles. The lowest BCUT2D eigenvalue weighted by Crippen LogP contribution is -2.23. The van der Waals surface area contributed by atoms with Gasteiger partial charge in [0.2, 0.25) is 0 Å². The minimum Gasteiger partial charge on any atom is -0.382 e. The molecule has 0 spiro atoms. The topological polar surface area (TPSA) is 46.9 Å². The van der Waals surface area contributed by atoms with Gasteiger partial charge in [-0.2, -0.15) is 16.9 Å². The van der Waals surface area contributed by atoms with E-state index in [1.54, 1.807) is 6.20 Å². The van der Waals surface area contributed by atoms with Crippen molar-refractivity contribution in [2.75, 3.05) is 18.1 Å². The highest BCUT2D eigenvalue weighted by molar-refractivity contribution is 7.99. The van der Waals surface area contributed by atoms with Gasteiger partial charge in [-0.3, -0.25) is 4.79 Å². The van der Waals surface area contributed by atoms with E-state index in [0.29, 0.717) is 17.5 Å². The van der Waals surface area contributed by atoms with Gasteiger partial charge in [-0.1, -0.05) is 18.5 Å². The van der Waals surface area contributed by atoms with Gasteiger partial charge in [0.05, 0.1) is 11.9 Å². The van der Waals surface area contributed by atoms with Crippen LogP contribution in [-0.2, 0) is 6.54 Å². The second-order valence-corrected chi connectivity index (χ2v) is 5.41. The van der Waals surface area contributed by atoms with E-state index in [4.69, 9.17) is 11.6 Å². The first-order valence-corrected chi connectivity index (χ1v) is 7.29. The van der Waals surface area contributed by atoms with Gasteiger partial charge in [0.25, 0.3) is 5.56 Å². The zero-order valence-corrected chi connectivity index (χ0v) is 11.9. The summed E-state index contributed by atoms with van der Waals surface area (Å²) in [6.07, 6.45) is 4.72. The molecular weight excluding hydrogens is 258 g/mol. The number of halogens is 1. The highest BCUT2D eigenvalue weighted by atomic mass is 35.5. The second kappa shape index (κ2) is 6.91. The van der Waals surface area contributed by atoms with Crippen LogP contribution >= 0.6 is 23.4 Å². The molecule has 1 aromatic rings. The Morgan fingerprint density at radius 3 is 2.94 bits per heavy atom. The molecule has 1 atom stereocenters. The van der Waals surface area contributed by atoms with Gasteiger partial charge in [0, 0.05) is 18.3 Å². The third-order valence-corrected chi connectivity index (χ3v) is 3.96. The van der Waals surface area contributed by atoms with Crippen LogP contribution in [0.1, 0.15) is 20.3 Å². The second-order valence-electron chi connectivity index (χ2n) is 3.75. The van der Waals surface area contributed by atoms with Crippen LogP contribution in [-0.4, -0.2) is 27.8 Å². The standard InChI is InChI=1S/C11H18ClN3OS/c1-4-15-11(16)10(12)9(7-14-15)13-6-5-8(2)17-3/h7-8,13H,4-6H2,1-3H3. The molecule has 1 heterocycles. The Morgan fingerprint density at radius 1 is 1.65 bits per heavy atom. The van der Waals surface area contributed by atoms with Gasteiger partial charge in [-0.15, -0.1) is 0 Å². The molecule has 0 saturated heterocycles. The summed E-state index contributed by atoms with van der Waals surface area (Å²) < 4.78 is 1.35. The van der Waals surface area contributed by atoms with Crippen molar-refractivity contribution in [2.24, 2.45) is 0 Å². The predicted octanol–water partition coefficient (Wildman–Crippen LogP) is 2.47. The van der Waals surface area contributed by atoms with Crippen molar-refractivity contribution in [3.63, 3.8) is 0 Å². The number of hydrogen-bond acceptors (Lipinski definition) is 4. The summed E-state index contributed by atoms with van der Waals surface area (Å²) in [7, 11) is 0. The first-order chi connectivity index (χ1) is 8.10. The van der Waals surface area contributed by atoms with Gasteiger partial charge < -0.3 is 5.32 Å². The fourth-order valence-electron chi connectivity index (χ4n) is 1.34. The normalized spacial score (nSPS) is 12.5. The van der Waals surface area contributed by atoms with Crippen molar-refractivity contribution in [2.45, 2.75) is 32.1 Å². The molecular formula is C11H18ClN3OS. The number of hydrogen-bond donors (Lipinski definition) is 1. The fourth-order valence-corrected chi connectivity index (χ4v) is 1.91. The van der Waals surface area contributed by atoms with Crippen LogP contribution in [0, 0.1) is 0 Å². The zero-order chi connectivity index (χ0) is 12.8. The molecule has 0 saturated carbocycles. The Labute approximate surface area is 111 Å².